The van der Waals surface area contributed by atoms with E-state index in [1.165, 1.54) is 0 Å². The van der Waals surface area contributed by atoms with Gasteiger partial charge in [0.1, 0.15) is 12.1 Å². The quantitative estimate of drug-likeness (QED) is 0.656. The average Bonchev–Trinajstić information content (AvgIpc) is 2.60. The van der Waals surface area contributed by atoms with Gasteiger partial charge in [-0.1, -0.05) is 25.2 Å². The van der Waals surface area contributed by atoms with E-state index in [-0.39, 0.29) is 18.4 Å². The number of nitriles is 1. The lowest BCUT2D eigenvalue weighted by molar-refractivity contribution is -0.128. The van der Waals surface area contributed by atoms with Gasteiger partial charge < -0.3 is 10.6 Å². The number of carbonyl (C=O) groups excluding carboxylic acids is 2. The van der Waals surface area contributed by atoms with Crippen molar-refractivity contribution >= 4 is 11.8 Å². The molecular formula is C18H19N3O2. The molecule has 0 heterocycles. The minimum Gasteiger partial charge on any atom is -0.341 e. The van der Waals surface area contributed by atoms with Gasteiger partial charge in [0.25, 0.3) is 5.91 Å². The Bertz CT molecular complexity index is 659. The Labute approximate surface area is 136 Å². The van der Waals surface area contributed by atoms with Gasteiger partial charge in [0.05, 0.1) is 6.07 Å². The number of hydrogen-bond acceptors (Lipinski definition) is 3. The Kier molecular flexibility index (Phi) is 5.38. The topological polar surface area (TPSA) is 82.0 Å². The maximum Gasteiger partial charge on any atom is 0.252 e. The molecule has 1 aliphatic rings. The van der Waals surface area contributed by atoms with Crippen LogP contribution in [0.3, 0.4) is 0 Å². The standard InChI is InChI=1S/C18H19N3O2/c1-2-14-6-8-15(9-7-14)16(22)21-18(10-4-3-5-11-18)17(23)20-13-12-19/h1,6-9H,3-5,10-11,13H2,(H,20,23)(H,21,22). The summed E-state index contributed by atoms with van der Waals surface area (Å²) in [5, 5.41) is 14.1. The van der Waals surface area contributed by atoms with Crippen LogP contribution in [0.25, 0.3) is 0 Å². The summed E-state index contributed by atoms with van der Waals surface area (Å²) in [6.45, 7) is -0.0622. The lowest BCUT2D eigenvalue weighted by Gasteiger charge is -2.36. The lowest BCUT2D eigenvalue weighted by Crippen LogP contribution is -2.59. The van der Waals surface area contributed by atoms with Crippen LogP contribution in [0.4, 0.5) is 0 Å². The molecule has 0 aliphatic heterocycles. The van der Waals surface area contributed by atoms with Gasteiger partial charge in [0, 0.05) is 11.1 Å². The lowest BCUT2D eigenvalue weighted by atomic mass is 9.80. The summed E-state index contributed by atoms with van der Waals surface area (Å²) in [6.07, 6.45) is 9.25. The van der Waals surface area contributed by atoms with Gasteiger partial charge >= 0.3 is 0 Å². The second-order valence-electron chi connectivity index (χ2n) is 5.66. The van der Waals surface area contributed by atoms with Gasteiger partial charge in [-0.15, -0.1) is 6.42 Å². The van der Waals surface area contributed by atoms with E-state index in [0.29, 0.717) is 24.0 Å². The Morgan fingerprint density at radius 3 is 2.39 bits per heavy atom. The maximum absolute atomic E-state index is 12.5. The van der Waals surface area contributed by atoms with Gasteiger partial charge in [-0.2, -0.15) is 5.26 Å². The summed E-state index contributed by atoms with van der Waals surface area (Å²) >= 11 is 0. The summed E-state index contributed by atoms with van der Waals surface area (Å²) < 4.78 is 0. The molecule has 1 aromatic carbocycles. The van der Waals surface area contributed by atoms with Crippen LogP contribution >= 0.6 is 0 Å². The minimum atomic E-state index is -0.934. The maximum atomic E-state index is 12.5. The molecule has 0 bridgehead atoms. The van der Waals surface area contributed by atoms with E-state index in [2.05, 4.69) is 16.6 Å². The van der Waals surface area contributed by atoms with Crippen molar-refractivity contribution in [3.05, 3.63) is 35.4 Å². The van der Waals surface area contributed by atoms with Crippen molar-refractivity contribution in [2.75, 3.05) is 6.54 Å². The smallest absolute Gasteiger partial charge is 0.252 e. The number of terminal acetylenes is 1. The van der Waals surface area contributed by atoms with Crippen LogP contribution in [0.2, 0.25) is 0 Å². The van der Waals surface area contributed by atoms with Crippen LogP contribution in [0, 0.1) is 23.7 Å². The molecule has 1 saturated carbocycles. The molecule has 0 aromatic heterocycles. The Balaban J connectivity index is 2.16. The highest BCUT2D eigenvalue weighted by molar-refractivity contribution is 5.99. The highest BCUT2D eigenvalue weighted by Crippen LogP contribution is 2.29. The summed E-state index contributed by atoms with van der Waals surface area (Å²) in [4.78, 5) is 24.9. The molecule has 23 heavy (non-hydrogen) atoms. The summed E-state index contributed by atoms with van der Waals surface area (Å²) in [7, 11) is 0. The number of amides is 2. The van der Waals surface area contributed by atoms with Crippen molar-refractivity contribution in [3.63, 3.8) is 0 Å². The van der Waals surface area contributed by atoms with Crippen molar-refractivity contribution < 1.29 is 9.59 Å². The molecule has 1 aromatic rings. The molecule has 2 N–H and O–H groups in total. The highest BCUT2D eigenvalue weighted by atomic mass is 16.2. The van der Waals surface area contributed by atoms with Crippen molar-refractivity contribution in [3.8, 4) is 18.4 Å². The molecule has 0 atom stereocenters. The first-order valence-corrected chi connectivity index (χ1v) is 7.66. The fraction of sp³-hybridized carbons (Fsp3) is 0.389. The van der Waals surface area contributed by atoms with Crippen LogP contribution in [0.5, 0.6) is 0 Å². The predicted octanol–water partition coefficient (Wildman–Crippen LogP) is 1.74. The number of nitrogens with one attached hydrogen (secondary N) is 2. The zero-order valence-corrected chi connectivity index (χ0v) is 12.9. The van der Waals surface area contributed by atoms with Crippen molar-refractivity contribution in [1.29, 1.82) is 5.26 Å². The second-order valence-corrected chi connectivity index (χ2v) is 5.66. The van der Waals surface area contributed by atoms with E-state index in [9.17, 15) is 9.59 Å². The SMILES string of the molecule is C#Cc1ccc(C(=O)NC2(C(=O)NCC#N)CCCCC2)cc1. The molecule has 118 valence electrons. The fourth-order valence-corrected chi connectivity index (χ4v) is 2.86. The fourth-order valence-electron chi connectivity index (χ4n) is 2.86. The van der Waals surface area contributed by atoms with E-state index >= 15 is 0 Å². The Hall–Kier alpha value is -2.79. The molecule has 5 heteroatoms. The first-order chi connectivity index (χ1) is 11.1. The molecule has 2 amide bonds. The van der Waals surface area contributed by atoms with Crippen LogP contribution < -0.4 is 10.6 Å². The monoisotopic (exact) mass is 309 g/mol. The Morgan fingerprint density at radius 2 is 1.83 bits per heavy atom. The van der Waals surface area contributed by atoms with Crippen molar-refractivity contribution in [2.24, 2.45) is 0 Å². The molecule has 0 spiro atoms. The summed E-state index contributed by atoms with van der Waals surface area (Å²) in [5.41, 5.74) is 0.222. The van der Waals surface area contributed by atoms with E-state index in [4.69, 9.17) is 11.7 Å². The molecule has 1 aliphatic carbocycles. The van der Waals surface area contributed by atoms with Crippen LogP contribution in [-0.4, -0.2) is 23.9 Å². The van der Waals surface area contributed by atoms with E-state index < -0.39 is 5.54 Å². The molecule has 0 unspecified atom stereocenters. The largest absolute Gasteiger partial charge is 0.341 e. The third-order valence-electron chi connectivity index (χ3n) is 4.14. The first kappa shape index (κ1) is 16.6. The normalized spacial score (nSPS) is 15.7. The number of rotatable bonds is 4. The van der Waals surface area contributed by atoms with Crippen LogP contribution in [0.15, 0.2) is 24.3 Å². The Morgan fingerprint density at radius 1 is 1.17 bits per heavy atom. The van der Waals surface area contributed by atoms with E-state index in [0.717, 1.165) is 19.3 Å². The zero-order valence-electron chi connectivity index (χ0n) is 12.9. The van der Waals surface area contributed by atoms with Gasteiger partial charge in [0.2, 0.25) is 5.91 Å². The third kappa shape index (κ3) is 3.90. The van der Waals surface area contributed by atoms with Crippen LogP contribution in [-0.2, 0) is 4.79 Å². The molecule has 0 radical (unpaired) electrons. The minimum absolute atomic E-state index is 0.0622. The number of hydrogen-bond donors (Lipinski definition) is 2. The second kappa shape index (κ2) is 7.47. The van der Waals surface area contributed by atoms with Crippen LogP contribution in [0.1, 0.15) is 48.0 Å². The van der Waals surface area contributed by atoms with Gasteiger partial charge in [-0.25, -0.2) is 0 Å². The number of carbonyl (C=O) groups is 2. The van der Waals surface area contributed by atoms with E-state index in [1.54, 1.807) is 24.3 Å². The average molecular weight is 309 g/mol. The van der Waals surface area contributed by atoms with Gasteiger partial charge in [-0.05, 0) is 37.1 Å². The highest BCUT2D eigenvalue weighted by Gasteiger charge is 2.40. The molecular weight excluding hydrogens is 290 g/mol. The summed E-state index contributed by atoms with van der Waals surface area (Å²) in [5.74, 6) is 1.91. The number of nitrogens with zero attached hydrogens (tertiary/aromatic N) is 1. The first-order valence-electron chi connectivity index (χ1n) is 7.66. The molecule has 2 rings (SSSR count). The van der Waals surface area contributed by atoms with Crippen molar-refractivity contribution in [2.45, 2.75) is 37.6 Å². The third-order valence-corrected chi connectivity index (χ3v) is 4.14. The van der Waals surface area contributed by atoms with Gasteiger partial charge in [0.15, 0.2) is 0 Å². The predicted molar refractivity (Wildman–Crippen MR) is 86.3 cm³/mol. The molecule has 1 fully saturated rings. The van der Waals surface area contributed by atoms with Crippen molar-refractivity contribution in [1.82, 2.24) is 10.6 Å². The van der Waals surface area contributed by atoms with Gasteiger partial charge in [-0.3, -0.25) is 9.59 Å². The zero-order chi connectivity index (χ0) is 16.7. The molecule has 5 nitrogen and oxygen atoms in total. The summed E-state index contributed by atoms with van der Waals surface area (Å²) in [6, 6.07) is 8.57. The van der Waals surface area contributed by atoms with E-state index in [1.807, 2.05) is 6.07 Å². The molecule has 0 saturated heterocycles. The number of benzene rings is 1.